The van der Waals surface area contributed by atoms with E-state index in [1.165, 1.54) is 0 Å². The number of carbonyl (C=O) groups is 1. The topological polar surface area (TPSA) is 75.3 Å². The SMILES string of the molecule is NC(=S)CCCNC(=O)Cc1ccccc1O. The molecule has 0 aromatic heterocycles. The number of nitrogens with two attached hydrogens (primary N) is 1. The summed E-state index contributed by atoms with van der Waals surface area (Å²) in [5.74, 6) is 0.0280. The molecular formula is C12H16N2O2S. The third-order valence-electron chi connectivity index (χ3n) is 2.26. The molecule has 92 valence electrons. The zero-order valence-electron chi connectivity index (χ0n) is 9.48. The van der Waals surface area contributed by atoms with Crippen LogP contribution in [0.2, 0.25) is 0 Å². The average molecular weight is 252 g/mol. The van der Waals surface area contributed by atoms with Gasteiger partial charge < -0.3 is 16.2 Å². The van der Waals surface area contributed by atoms with Crippen LogP contribution in [0.5, 0.6) is 5.75 Å². The minimum atomic E-state index is -0.116. The van der Waals surface area contributed by atoms with Gasteiger partial charge in [0.05, 0.1) is 11.4 Å². The van der Waals surface area contributed by atoms with Gasteiger partial charge in [-0.05, 0) is 18.9 Å². The van der Waals surface area contributed by atoms with Crippen LogP contribution in [0.15, 0.2) is 24.3 Å². The molecule has 1 amide bonds. The lowest BCUT2D eigenvalue weighted by molar-refractivity contribution is -0.120. The van der Waals surface area contributed by atoms with Crippen molar-refractivity contribution in [3.63, 3.8) is 0 Å². The van der Waals surface area contributed by atoms with Gasteiger partial charge in [-0.1, -0.05) is 30.4 Å². The maximum Gasteiger partial charge on any atom is 0.224 e. The fourth-order valence-electron chi connectivity index (χ4n) is 1.39. The van der Waals surface area contributed by atoms with Gasteiger partial charge in [0.25, 0.3) is 0 Å². The maximum absolute atomic E-state index is 11.5. The normalized spacial score (nSPS) is 9.88. The Balaban J connectivity index is 2.30. The fourth-order valence-corrected chi connectivity index (χ4v) is 1.53. The van der Waals surface area contributed by atoms with E-state index in [2.05, 4.69) is 5.32 Å². The summed E-state index contributed by atoms with van der Waals surface area (Å²) in [5.41, 5.74) is 5.96. The number of benzene rings is 1. The second-order valence-electron chi connectivity index (χ2n) is 3.73. The van der Waals surface area contributed by atoms with Crippen molar-refractivity contribution >= 4 is 23.1 Å². The monoisotopic (exact) mass is 252 g/mol. The highest BCUT2D eigenvalue weighted by molar-refractivity contribution is 7.80. The molecular weight excluding hydrogens is 236 g/mol. The predicted molar refractivity (Wildman–Crippen MR) is 70.8 cm³/mol. The van der Waals surface area contributed by atoms with Gasteiger partial charge in [-0.15, -0.1) is 0 Å². The zero-order valence-corrected chi connectivity index (χ0v) is 10.3. The Bertz CT molecular complexity index is 407. The molecule has 5 heteroatoms. The number of nitrogens with one attached hydrogen (secondary N) is 1. The Kier molecular flexibility index (Phi) is 5.42. The quantitative estimate of drug-likeness (QED) is 0.524. The molecule has 17 heavy (non-hydrogen) atoms. The van der Waals surface area contributed by atoms with Gasteiger partial charge >= 0.3 is 0 Å². The minimum absolute atomic E-state index is 0.116. The van der Waals surface area contributed by atoms with Gasteiger partial charge in [-0.3, -0.25) is 4.79 Å². The van der Waals surface area contributed by atoms with E-state index in [9.17, 15) is 9.90 Å². The van der Waals surface area contributed by atoms with E-state index in [0.29, 0.717) is 23.5 Å². The first-order valence-corrected chi connectivity index (χ1v) is 5.82. The van der Waals surface area contributed by atoms with E-state index < -0.39 is 0 Å². The molecule has 0 atom stereocenters. The number of aromatic hydroxyl groups is 1. The number of amides is 1. The van der Waals surface area contributed by atoms with Gasteiger partial charge in [0.1, 0.15) is 5.75 Å². The van der Waals surface area contributed by atoms with Crippen molar-refractivity contribution in [3.05, 3.63) is 29.8 Å². The second kappa shape index (κ2) is 6.85. The molecule has 0 spiro atoms. The summed E-state index contributed by atoms with van der Waals surface area (Å²) in [6.45, 7) is 0.545. The van der Waals surface area contributed by atoms with Crippen LogP contribution < -0.4 is 11.1 Å². The van der Waals surface area contributed by atoms with E-state index in [0.717, 1.165) is 6.42 Å². The van der Waals surface area contributed by atoms with Crippen LogP contribution in [-0.2, 0) is 11.2 Å². The Morgan fingerprint density at radius 3 is 2.76 bits per heavy atom. The van der Waals surface area contributed by atoms with Crippen LogP contribution in [0.4, 0.5) is 0 Å². The molecule has 0 unspecified atom stereocenters. The van der Waals surface area contributed by atoms with Crippen LogP contribution in [0, 0.1) is 0 Å². The number of phenolic OH excluding ortho intramolecular Hbond substituents is 1. The number of para-hydroxylation sites is 1. The Labute approximate surface area is 106 Å². The van der Waals surface area contributed by atoms with Crippen molar-refractivity contribution < 1.29 is 9.90 Å². The van der Waals surface area contributed by atoms with Crippen LogP contribution >= 0.6 is 12.2 Å². The van der Waals surface area contributed by atoms with Gasteiger partial charge in [0, 0.05) is 12.1 Å². The molecule has 0 aliphatic heterocycles. The molecule has 4 nitrogen and oxygen atoms in total. The molecule has 0 aliphatic rings. The van der Waals surface area contributed by atoms with E-state index in [-0.39, 0.29) is 18.1 Å². The summed E-state index contributed by atoms with van der Waals surface area (Å²) in [6.07, 6.45) is 1.55. The lowest BCUT2D eigenvalue weighted by Gasteiger charge is -2.06. The number of phenols is 1. The first-order valence-electron chi connectivity index (χ1n) is 5.41. The molecule has 0 saturated heterocycles. The Morgan fingerprint density at radius 2 is 2.12 bits per heavy atom. The number of rotatable bonds is 6. The van der Waals surface area contributed by atoms with E-state index in [1.807, 2.05) is 0 Å². The van der Waals surface area contributed by atoms with Crippen LogP contribution in [-0.4, -0.2) is 22.5 Å². The van der Waals surface area contributed by atoms with E-state index in [1.54, 1.807) is 24.3 Å². The van der Waals surface area contributed by atoms with Crippen molar-refractivity contribution in [2.24, 2.45) is 5.73 Å². The Hall–Kier alpha value is -1.62. The molecule has 0 saturated carbocycles. The number of thiocarbonyl (C=S) groups is 1. The predicted octanol–water partition coefficient (Wildman–Crippen LogP) is 1.12. The summed E-state index contributed by atoms with van der Waals surface area (Å²) in [4.78, 5) is 12.0. The van der Waals surface area contributed by atoms with Crippen molar-refractivity contribution in [2.75, 3.05) is 6.54 Å². The zero-order chi connectivity index (χ0) is 12.7. The van der Waals surface area contributed by atoms with Crippen LogP contribution in [0.25, 0.3) is 0 Å². The highest BCUT2D eigenvalue weighted by Gasteiger charge is 2.06. The number of hydrogen-bond acceptors (Lipinski definition) is 3. The molecule has 0 fully saturated rings. The largest absolute Gasteiger partial charge is 0.508 e. The summed E-state index contributed by atoms with van der Waals surface area (Å²) in [7, 11) is 0. The van der Waals surface area contributed by atoms with E-state index in [4.69, 9.17) is 18.0 Å². The third-order valence-corrected chi connectivity index (χ3v) is 2.47. The lowest BCUT2D eigenvalue weighted by Crippen LogP contribution is -2.26. The van der Waals surface area contributed by atoms with Crippen LogP contribution in [0.3, 0.4) is 0 Å². The van der Waals surface area contributed by atoms with Crippen LogP contribution in [0.1, 0.15) is 18.4 Å². The molecule has 0 aliphatic carbocycles. The molecule has 0 bridgehead atoms. The smallest absolute Gasteiger partial charge is 0.224 e. The lowest BCUT2D eigenvalue weighted by atomic mass is 10.1. The highest BCUT2D eigenvalue weighted by atomic mass is 32.1. The summed E-state index contributed by atoms with van der Waals surface area (Å²) < 4.78 is 0. The third kappa shape index (κ3) is 5.31. The van der Waals surface area contributed by atoms with E-state index >= 15 is 0 Å². The molecule has 0 heterocycles. The molecule has 1 rings (SSSR count). The van der Waals surface area contributed by atoms with Gasteiger partial charge in [-0.25, -0.2) is 0 Å². The van der Waals surface area contributed by atoms with Crippen molar-refractivity contribution in [1.82, 2.24) is 5.32 Å². The Morgan fingerprint density at radius 1 is 1.41 bits per heavy atom. The number of hydrogen-bond donors (Lipinski definition) is 3. The van der Waals surface area contributed by atoms with Crippen molar-refractivity contribution in [3.8, 4) is 5.75 Å². The minimum Gasteiger partial charge on any atom is -0.508 e. The highest BCUT2D eigenvalue weighted by Crippen LogP contribution is 2.15. The molecule has 4 N–H and O–H groups in total. The maximum atomic E-state index is 11.5. The summed E-state index contributed by atoms with van der Waals surface area (Å²) >= 11 is 4.73. The summed E-state index contributed by atoms with van der Waals surface area (Å²) in [6, 6.07) is 6.80. The second-order valence-corrected chi connectivity index (χ2v) is 4.25. The van der Waals surface area contributed by atoms with Gasteiger partial charge in [0.2, 0.25) is 5.91 Å². The molecule has 1 aromatic carbocycles. The van der Waals surface area contributed by atoms with Gasteiger partial charge in [-0.2, -0.15) is 0 Å². The standard InChI is InChI=1S/C12H16N2O2S/c13-11(17)6-3-7-14-12(16)8-9-4-1-2-5-10(9)15/h1-2,4-5,15H,3,6-8H2,(H2,13,17)(H,14,16). The van der Waals surface area contributed by atoms with Gasteiger partial charge in [0.15, 0.2) is 0 Å². The molecule has 0 radical (unpaired) electrons. The molecule has 1 aromatic rings. The van der Waals surface area contributed by atoms with Crippen molar-refractivity contribution in [1.29, 1.82) is 0 Å². The first-order chi connectivity index (χ1) is 8.09. The average Bonchev–Trinajstić information content (AvgIpc) is 2.27. The fraction of sp³-hybridized carbons (Fsp3) is 0.333. The number of carbonyl (C=O) groups excluding carboxylic acids is 1. The summed E-state index contributed by atoms with van der Waals surface area (Å²) in [5, 5.41) is 12.2. The first kappa shape index (κ1) is 13.4. The van der Waals surface area contributed by atoms with Crippen molar-refractivity contribution in [2.45, 2.75) is 19.3 Å².